The van der Waals surface area contributed by atoms with Gasteiger partial charge in [0.15, 0.2) is 5.82 Å². The van der Waals surface area contributed by atoms with Crippen molar-refractivity contribution in [3.8, 4) is 17.1 Å². The maximum Gasteiger partial charge on any atom is 0.257 e. The van der Waals surface area contributed by atoms with Gasteiger partial charge in [-0.2, -0.15) is 4.68 Å². The fourth-order valence-corrected chi connectivity index (χ4v) is 2.55. The van der Waals surface area contributed by atoms with E-state index in [1.165, 1.54) is 11.0 Å². The smallest absolute Gasteiger partial charge is 0.257 e. The molecule has 0 aliphatic rings. The van der Waals surface area contributed by atoms with Crippen molar-refractivity contribution in [1.82, 2.24) is 40.4 Å². The molecule has 10 nitrogen and oxygen atoms in total. The highest BCUT2D eigenvalue weighted by atomic mass is 16.1. The van der Waals surface area contributed by atoms with Crippen molar-refractivity contribution >= 4 is 11.6 Å². The first-order chi connectivity index (χ1) is 12.7. The molecule has 2 aromatic heterocycles. The van der Waals surface area contributed by atoms with E-state index in [1.54, 1.807) is 36.0 Å². The second kappa shape index (κ2) is 6.51. The summed E-state index contributed by atoms with van der Waals surface area (Å²) >= 11 is 0. The predicted molar refractivity (Wildman–Crippen MR) is 91.3 cm³/mol. The SMILES string of the molecule is Cn1nnnc1-c1cccc(NC(=O)c2ccccc2-n2cnnn2)c1. The Labute approximate surface area is 147 Å². The molecule has 0 atom stereocenters. The van der Waals surface area contributed by atoms with Crippen molar-refractivity contribution in [2.45, 2.75) is 0 Å². The quantitative estimate of drug-likeness (QED) is 0.587. The third-order valence-electron chi connectivity index (χ3n) is 3.74. The van der Waals surface area contributed by atoms with Crippen molar-refractivity contribution in [2.24, 2.45) is 7.05 Å². The third kappa shape index (κ3) is 2.90. The number of nitrogens with zero attached hydrogens (tertiary/aromatic N) is 8. The van der Waals surface area contributed by atoms with Gasteiger partial charge in [-0.05, 0) is 45.1 Å². The van der Waals surface area contributed by atoms with Gasteiger partial charge in [0, 0.05) is 18.3 Å². The molecule has 0 saturated carbocycles. The van der Waals surface area contributed by atoms with Crippen LogP contribution in [0.25, 0.3) is 17.1 Å². The summed E-state index contributed by atoms with van der Waals surface area (Å²) in [6.45, 7) is 0. The molecule has 10 heteroatoms. The van der Waals surface area contributed by atoms with Crippen LogP contribution < -0.4 is 5.32 Å². The Morgan fingerprint density at radius 1 is 1.04 bits per heavy atom. The van der Waals surface area contributed by atoms with E-state index in [4.69, 9.17) is 0 Å². The fraction of sp³-hybridized carbons (Fsp3) is 0.0625. The molecule has 0 aliphatic carbocycles. The van der Waals surface area contributed by atoms with E-state index in [2.05, 4.69) is 36.4 Å². The van der Waals surface area contributed by atoms with E-state index in [9.17, 15) is 4.79 Å². The molecular weight excluding hydrogens is 334 g/mol. The summed E-state index contributed by atoms with van der Waals surface area (Å²) in [5, 5.41) is 25.4. The van der Waals surface area contributed by atoms with Gasteiger partial charge < -0.3 is 5.32 Å². The van der Waals surface area contributed by atoms with Crippen LogP contribution in [0.15, 0.2) is 54.9 Å². The van der Waals surface area contributed by atoms with E-state index in [1.807, 2.05) is 24.3 Å². The van der Waals surface area contributed by atoms with E-state index >= 15 is 0 Å². The largest absolute Gasteiger partial charge is 0.322 e. The van der Waals surface area contributed by atoms with Crippen LogP contribution in [0.1, 0.15) is 10.4 Å². The molecule has 4 rings (SSSR count). The van der Waals surface area contributed by atoms with Crippen LogP contribution in [-0.2, 0) is 7.05 Å². The summed E-state index contributed by atoms with van der Waals surface area (Å²) in [4.78, 5) is 12.8. The van der Waals surface area contributed by atoms with Gasteiger partial charge in [-0.15, -0.1) is 10.2 Å². The first-order valence-electron chi connectivity index (χ1n) is 7.69. The average molecular weight is 347 g/mol. The van der Waals surface area contributed by atoms with Crippen molar-refractivity contribution in [2.75, 3.05) is 5.32 Å². The number of anilines is 1. The minimum atomic E-state index is -0.274. The minimum absolute atomic E-state index is 0.274. The molecule has 1 N–H and O–H groups in total. The standard InChI is InChI=1S/C16H13N9O/c1-24-15(19-21-22-24)11-5-4-6-12(9-11)18-16(26)13-7-2-3-8-14(13)25-10-17-20-23-25/h2-10H,1H3,(H,18,26). The molecule has 2 heterocycles. The molecule has 0 spiro atoms. The Morgan fingerprint density at radius 3 is 2.69 bits per heavy atom. The number of amides is 1. The lowest BCUT2D eigenvalue weighted by Crippen LogP contribution is -2.15. The summed E-state index contributed by atoms with van der Waals surface area (Å²) in [7, 11) is 1.75. The van der Waals surface area contributed by atoms with Crippen molar-refractivity contribution in [3.05, 3.63) is 60.4 Å². The number of aryl methyl sites for hydroxylation is 1. The molecule has 0 unspecified atom stereocenters. The summed E-state index contributed by atoms with van der Waals surface area (Å²) in [6, 6.07) is 14.4. The zero-order chi connectivity index (χ0) is 17.9. The highest BCUT2D eigenvalue weighted by Crippen LogP contribution is 2.21. The lowest BCUT2D eigenvalue weighted by molar-refractivity contribution is 0.102. The molecule has 0 fully saturated rings. The topological polar surface area (TPSA) is 116 Å². The molecule has 0 aliphatic heterocycles. The number of hydrogen-bond donors (Lipinski definition) is 1. The Hall–Kier alpha value is -3.95. The van der Waals surface area contributed by atoms with Crippen LogP contribution in [0.2, 0.25) is 0 Å². The average Bonchev–Trinajstić information content (AvgIpc) is 3.33. The van der Waals surface area contributed by atoms with Crippen LogP contribution in [0, 0.1) is 0 Å². The maximum atomic E-state index is 12.8. The van der Waals surface area contributed by atoms with Gasteiger partial charge in [0.2, 0.25) is 0 Å². The number of aromatic nitrogens is 8. The Bertz CT molecular complexity index is 1060. The summed E-state index contributed by atoms with van der Waals surface area (Å²) in [5.74, 6) is 0.333. The van der Waals surface area contributed by atoms with Gasteiger partial charge in [-0.1, -0.05) is 24.3 Å². The molecule has 0 radical (unpaired) electrons. The predicted octanol–water partition coefficient (Wildman–Crippen LogP) is 1.11. The lowest BCUT2D eigenvalue weighted by Gasteiger charge is -2.10. The van der Waals surface area contributed by atoms with Crippen LogP contribution >= 0.6 is 0 Å². The number of para-hydroxylation sites is 1. The van der Waals surface area contributed by atoms with Crippen LogP contribution in [-0.4, -0.2) is 46.3 Å². The fourth-order valence-electron chi connectivity index (χ4n) is 2.55. The molecule has 0 bridgehead atoms. The van der Waals surface area contributed by atoms with Crippen molar-refractivity contribution < 1.29 is 4.79 Å². The van der Waals surface area contributed by atoms with Crippen LogP contribution in [0.4, 0.5) is 5.69 Å². The molecule has 4 aromatic rings. The second-order valence-corrected chi connectivity index (χ2v) is 5.43. The Balaban J connectivity index is 1.63. The number of tetrazole rings is 2. The lowest BCUT2D eigenvalue weighted by atomic mass is 10.1. The minimum Gasteiger partial charge on any atom is -0.322 e. The number of benzene rings is 2. The maximum absolute atomic E-state index is 12.8. The van der Waals surface area contributed by atoms with E-state index in [0.29, 0.717) is 22.8 Å². The zero-order valence-electron chi connectivity index (χ0n) is 13.7. The van der Waals surface area contributed by atoms with Gasteiger partial charge in [-0.25, -0.2) is 4.68 Å². The van der Waals surface area contributed by atoms with Gasteiger partial charge in [0.1, 0.15) is 6.33 Å². The molecule has 128 valence electrons. The van der Waals surface area contributed by atoms with E-state index in [0.717, 1.165) is 5.56 Å². The second-order valence-electron chi connectivity index (χ2n) is 5.43. The van der Waals surface area contributed by atoms with E-state index < -0.39 is 0 Å². The molecular formula is C16H13N9O. The van der Waals surface area contributed by atoms with Crippen LogP contribution in [0.5, 0.6) is 0 Å². The number of nitrogens with one attached hydrogen (secondary N) is 1. The van der Waals surface area contributed by atoms with Gasteiger partial charge in [0.05, 0.1) is 11.3 Å². The Kier molecular flexibility index (Phi) is 3.90. The summed E-state index contributed by atoms with van der Waals surface area (Å²) < 4.78 is 3.00. The number of hydrogen-bond acceptors (Lipinski definition) is 7. The van der Waals surface area contributed by atoms with Crippen LogP contribution in [0.3, 0.4) is 0 Å². The molecule has 2 aromatic carbocycles. The molecule has 0 saturated heterocycles. The Morgan fingerprint density at radius 2 is 1.92 bits per heavy atom. The molecule has 1 amide bonds. The number of carbonyl (C=O) groups excluding carboxylic acids is 1. The van der Waals surface area contributed by atoms with Gasteiger partial charge >= 0.3 is 0 Å². The first-order valence-corrected chi connectivity index (χ1v) is 7.69. The number of rotatable bonds is 4. The monoisotopic (exact) mass is 347 g/mol. The summed E-state index contributed by atoms with van der Waals surface area (Å²) in [5.41, 5.74) is 2.46. The zero-order valence-corrected chi connectivity index (χ0v) is 13.7. The highest BCUT2D eigenvalue weighted by Gasteiger charge is 2.14. The van der Waals surface area contributed by atoms with Crippen molar-refractivity contribution in [3.63, 3.8) is 0 Å². The van der Waals surface area contributed by atoms with Gasteiger partial charge in [-0.3, -0.25) is 4.79 Å². The first kappa shape index (κ1) is 15.6. The molecule has 26 heavy (non-hydrogen) atoms. The third-order valence-corrected chi connectivity index (χ3v) is 3.74. The number of carbonyl (C=O) groups is 1. The van der Waals surface area contributed by atoms with E-state index in [-0.39, 0.29) is 5.91 Å². The highest BCUT2D eigenvalue weighted by molar-refractivity contribution is 6.06. The van der Waals surface area contributed by atoms with Gasteiger partial charge in [0.25, 0.3) is 5.91 Å². The normalized spacial score (nSPS) is 10.7. The van der Waals surface area contributed by atoms with Crippen molar-refractivity contribution in [1.29, 1.82) is 0 Å². The summed E-state index contributed by atoms with van der Waals surface area (Å²) in [6.07, 6.45) is 1.44.